The quantitative estimate of drug-likeness (QED) is 0.511. The highest BCUT2D eigenvalue weighted by Gasteiger charge is 2.35. The fourth-order valence-electron chi connectivity index (χ4n) is 5.23. The third-order valence-corrected chi connectivity index (χ3v) is 7.40. The molecule has 3 amide bonds. The maximum atomic E-state index is 13.5. The zero-order chi connectivity index (χ0) is 29.5. The molecule has 2 atom stereocenters. The number of aryl methyl sites for hydroxylation is 1. The highest BCUT2D eigenvalue weighted by molar-refractivity contribution is 5.96. The lowest BCUT2D eigenvalue weighted by molar-refractivity contribution is -0.135. The number of rotatable bonds is 3. The van der Waals surface area contributed by atoms with Gasteiger partial charge in [-0.1, -0.05) is 24.3 Å². The van der Waals surface area contributed by atoms with Gasteiger partial charge in [-0.3, -0.25) is 14.4 Å². The molecular formula is C32H36N4O6. The number of piperidine rings is 1. The monoisotopic (exact) mass is 572 g/mol. The van der Waals surface area contributed by atoms with Crippen LogP contribution in [-0.4, -0.2) is 77.9 Å². The molecule has 42 heavy (non-hydrogen) atoms. The van der Waals surface area contributed by atoms with Crippen LogP contribution in [0.5, 0.6) is 17.4 Å². The summed E-state index contributed by atoms with van der Waals surface area (Å²) >= 11 is 0. The average molecular weight is 573 g/mol. The zero-order valence-corrected chi connectivity index (χ0v) is 24.0. The Bertz CT molecular complexity index is 1430. The molecule has 0 spiro atoms. The lowest BCUT2D eigenvalue weighted by atomic mass is 10.0. The van der Waals surface area contributed by atoms with Crippen LogP contribution < -0.4 is 14.8 Å². The van der Waals surface area contributed by atoms with Gasteiger partial charge in [0.25, 0.3) is 5.91 Å². The number of carbonyl (C=O) groups excluding carboxylic acids is 3. The number of hydrogen-bond donors (Lipinski definition) is 1. The van der Waals surface area contributed by atoms with Gasteiger partial charge in [0.05, 0.1) is 31.9 Å². The molecule has 10 nitrogen and oxygen atoms in total. The predicted molar refractivity (Wildman–Crippen MR) is 155 cm³/mol. The number of ether oxygens (including phenoxy) is 3. The Morgan fingerprint density at radius 1 is 1.05 bits per heavy atom. The Hall–Kier alpha value is -4.44. The number of likely N-dealkylation sites (N-methyl/N-ethyl adjacent to an activating group) is 1. The number of pyridine rings is 1. The van der Waals surface area contributed by atoms with Crippen LogP contribution in [0.15, 0.2) is 66.9 Å². The number of nitrogens with zero attached hydrogens (tertiary/aromatic N) is 3. The van der Waals surface area contributed by atoms with E-state index in [0.717, 1.165) is 11.1 Å². The standard InChI is InChI=1S/C32H36N4O6/c1-3-40-31-26(11-6-15-33-31)32(39)36-16-14-28-27(19-36)34-29(37)20-35(2)30(38)13-12-22-7-4-9-24(17-22)42-25-10-5-8-23(18-25)21-41-28/h4-11,15,17-18,27-28H,3,12-14,16,19-21H2,1-2H3,(H,34,37)/t27-,28+/m0/s1. The van der Waals surface area contributed by atoms with E-state index in [1.807, 2.05) is 55.5 Å². The molecule has 1 saturated heterocycles. The van der Waals surface area contributed by atoms with Crippen LogP contribution in [0.3, 0.4) is 0 Å². The lowest BCUT2D eigenvalue weighted by Crippen LogP contribution is -2.58. The van der Waals surface area contributed by atoms with E-state index in [-0.39, 0.29) is 49.2 Å². The molecule has 1 fully saturated rings. The van der Waals surface area contributed by atoms with Gasteiger partial charge in [-0.25, -0.2) is 4.98 Å². The Labute approximate surface area is 245 Å². The smallest absolute Gasteiger partial charge is 0.259 e. The van der Waals surface area contributed by atoms with Crippen LogP contribution >= 0.6 is 0 Å². The summed E-state index contributed by atoms with van der Waals surface area (Å²) in [5, 5.41) is 3.04. The van der Waals surface area contributed by atoms with Crippen molar-refractivity contribution in [2.75, 3.05) is 33.3 Å². The Morgan fingerprint density at radius 3 is 2.60 bits per heavy atom. The molecule has 5 rings (SSSR count). The largest absolute Gasteiger partial charge is 0.477 e. The summed E-state index contributed by atoms with van der Waals surface area (Å²) in [4.78, 5) is 46.8. The molecule has 3 aromatic rings. The van der Waals surface area contributed by atoms with Gasteiger partial charge < -0.3 is 29.3 Å². The molecule has 2 aromatic carbocycles. The van der Waals surface area contributed by atoms with E-state index in [1.54, 1.807) is 30.3 Å². The molecule has 3 heterocycles. The second-order valence-electron chi connectivity index (χ2n) is 10.5. The first-order valence-corrected chi connectivity index (χ1v) is 14.3. The highest BCUT2D eigenvalue weighted by atomic mass is 16.5. The molecule has 10 heteroatoms. The van der Waals surface area contributed by atoms with Gasteiger partial charge in [0.1, 0.15) is 17.1 Å². The van der Waals surface area contributed by atoms with Crippen molar-refractivity contribution in [3.8, 4) is 17.4 Å². The molecule has 1 aromatic heterocycles. The Morgan fingerprint density at radius 2 is 1.81 bits per heavy atom. The van der Waals surface area contributed by atoms with E-state index in [0.29, 0.717) is 49.7 Å². The van der Waals surface area contributed by atoms with Gasteiger partial charge >= 0.3 is 0 Å². The average Bonchev–Trinajstić information content (AvgIpc) is 2.99. The fourth-order valence-corrected chi connectivity index (χ4v) is 5.23. The molecule has 220 valence electrons. The number of fused-ring (bicyclic) bond motifs is 5. The molecule has 4 bridgehead atoms. The first-order chi connectivity index (χ1) is 20.4. The summed E-state index contributed by atoms with van der Waals surface area (Å²) in [5.41, 5.74) is 2.27. The molecule has 0 aliphatic carbocycles. The van der Waals surface area contributed by atoms with Crippen LogP contribution in [0, 0.1) is 0 Å². The van der Waals surface area contributed by atoms with Gasteiger partial charge in [-0.2, -0.15) is 0 Å². The predicted octanol–water partition coefficient (Wildman–Crippen LogP) is 3.59. The number of aromatic nitrogens is 1. The minimum atomic E-state index is -0.482. The first kappa shape index (κ1) is 29.1. The van der Waals surface area contributed by atoms with E-state index >= 15 is 0 Å². The molecule has 0 saturated carbocycles. The number of carbonyl (C=O) groups is 3. The maximum absolute atomic E-state index is 13.5. The Balaban J connectivity index is 1.37. The second-order valence-corrected chi connectivity index (χ2v) is 10.5. The summed E-state index contributed by atoms with van der Waals surface area (Å²) < 4.78 is 18.0. The second kappa shape index (κ2) is 13.5. The van der Waals surface area contributed by atoms with Crippen LogP contribution in [0.1, 0.15) is 41.3 Å². The molecule has 0 unspecified atom stereocenters. The summed E-state index contributed by atoms with van der Waals surface area (Å²) in [6, 6.07) is 18.3. The van der Waals surface area contributed by atoms with Crippen molar-refractivity contribution in [3.63, 3.8) is 0 Å². The van der Waals surface area contributed by atoms with Gasteiger partial charge in [-0.15, -0.1) is 0 Å². The number of amides is 3. The molecule has 0 radical (unpaired) electrons. The minimum Gasteiger partial charge on any atom is -0.477 e. The lowest BCUT2D eigenvalue weighted by Gasteiger charge is -2.39. The van der Waals surface area contributed by atoms with Crippen molar-refractivity contribution in [1.82, 2.24) is 20.1 Å². The minimum absolute atomic E-state index is 0.0989. The topological polar surface area (TPSA) is 110 Å². The summed E-state index contributed by atoms with van der Waals surface area (Å²) in [7, 11) is 1.62. The first-order valence-electron chi connectivity index (χ1n) is 14.3. The zero-order valence-electron chi connectivity index (χ0n) is 24.0. The summed E-state index contributed by atoms with van der Waals surface area (Å²) in [6.45, 7) is 3.11. The molecule has 2 aliphatic heterocycles. The van der Waals surface area contributed by atoms with Crippen molar-refractivity contribution in [3.05, 3.63) is 83.6 Å². The third-order valence-electron chi connectivity index (χ3n) is 7.40. The van der Waals surface area contributed by atoms with E-state index in [9.17, 15) is 14.4 Å². The van der Waals surface area contributed by atoms with Crippen molar-refractivity contribution in [2.24, 2.45) is 0 Å². The normalized spacial score (nSPS) is 20.0. The van der Waals surface area contributed by atoms with E-state index < -0.39 is 6.04 Å². The van der Waals surface area contributed by atoms with Crippen LogP contribution in [0.2, 0.25) is 0 Å². The number of hydrogen-bond acceptors (Lipinski definition) is 7. The maximum Gasteiger partial charge on any atom is 0.259 e. The van der Waals surface area contributed by atoms with Crippen molar-refractivity contribution in [1.29, 1.82) is 0 Å². The molecule has 2 aliphatic rings. The van der Waals surface area contributed by atoms with Crippen molar-refractivity contribution in [2.45, 2.75) is 44.9 Å². The molecule has 1 N–H and O–H groups in total. The van der Waals surface area contributed by atoms with Crippen molar-refractivity contribution < 1.29 is 28.6 Å². The van der Waals surface area contributed by atoms with Crippen LogP contribution in [-0.2, 0) is 27.4 Å². The van der Waals surface area contributed by atoms with Gasteiger partial charge in [0.15, 0.2) is 0 Å². The summed E-state index contributed by atoms with van der Waals surface area (Å²) in [5.74, 6) is 0.971. The van der Waals surface area contributed by atoms with Crippen LogP contribution in [0.4, 0.5) is 0 Å². The SMILES string of the molecule is CCOc1ncccc1C(=O)N1CC[C@H]2OCc3cccc(c3)Oc3cccc(c3)CCC(=O)N(C)CC(=O)N[C@H]2C1. The summed E-state index contributed by atoms with van der Waals surface area (Å²) in [6.07, 6.45) is 2.53. The van der Waals surface area contributed by atoms with Gasteiger partial charge in [-0.05, 0) is 67.3 Å². The van der Waals surface area contributed by atoms with Gasteiger partial charge in [0.2, 0.25) is 17.7 Å². The third kappa shape index (κ3) is 7.25. The number of benzene rings is 2. The van der Waals surface area contributed by atoms with E-state index in [4.69, 9.17) is 14.2 Å². The van der Waals surface area contributed by atoms with E-state index in [2.05, 4.69) is 10.3 Å². The van der Waals surface area contributed by atoms with Crippen LogP contribution in [0.25, 0.3) is 0 Å². The van der Waals surface area contributed by atoms with Crippen molar-refractivity contribution >= 4 is 17.7 Å². The number of nitrogens with one attached hydrogen (secondary N) is 1. The fraction of sp³-hybridized carbons (Fsp3) is 0.375. The van der Waals surface area contributed by atoms with Gasteiger partial charge in [0, 0.05) is 32.8 Å². The molecular weight excluding hydrogens is 536 g/mol. The van der Waals surface area contributed by atoms with E-state index in [1.165, 1.54) is 4.90 Å². The highest BCUT2D eigenvalue weighted by Crippen LogP contribution is 2.26. The number of likely N-dealkylation sites (tertiary alicyclic amines) is 1. The Kier molecular flexibility index (Phi) is 9.33.